The highest BCUT2D eigenvalue weighted by molar-refractivity contribution is 5.58. The summed E-state index contributed by atoms with van der Waals surface area (Å²) in [4.78, 5) is 15.5. The van der Waals surface area contributed by atoms with E-state index in [-0.39, 0.29) is 17.5 Å². The fourth-order valence-electron chi connectivity index (χ4n) is 6.41. The average molecular weight is 543 g/mol. The van der Waals surface area contributed by atoms with Crippen LogP contribution in [-0.2, 0) is 18.1 Å². The van der Waals surface area contributed by atoms with E-state index in [0.29, 0.717) is 43.1 Å². The van der Waals surface area contributed by atoms with Gasteiger partial charge in [0.1, 0.15) is 6.17 Å². The molecular weight excluding hydrogens is 512 g/mol. The number of pyridine rings is 1. The Morgan fingerprint density at radius 1 is 1.13 bits per heavy atom. The largest absolute Gasteiger partial charge is 0.418 e. The highest BCUT2D eigenvalue weighted by Crippen LogP contribution is 2.55. The summed E-state index contributed by atoms with van der Waals surface area (Å²) in [7, 11) is 1.89. The zero-order chi connectivity index (χ0) is 27.5. The van der Waals surface area contributed by atoms with Crippen LogP contribution in [0.4, 0.5) is 17.6 Å². The highest BCUT2D eigenvalue weighted by Gasteiger charge is 2.56. The molecule has 2 fully saturated rings. The van der Waals surface area contributed by atoms with E-state index in [1.165, 1.54) is 17.0 Å². The van der Waals surface area contributed by atoms with Crippen molar-refractivity contribution < 1.29 is 22.1 Å². The Kier molecular flexibility index (Phi) is 6.24. The van der Waals surface area contributed by atoms with E-state index in [9.17, 15) is 22.4 Å². The quantitative estimate of drug-likeness (QED) is 0.323. The molecule has 0 amide bonds. The molecule has 1 radical (unpaired) electrons. The third-order valence-corrected chi connectivity index (χ3v) is 8.26. The number of hydrogen-bond acceptors (Lipinski definition) is 4. The van der Waals surface area contributed by atoms with Gasteiger partial charge in [-0.15, -0.1) is 0 Å². The van der Waals surface area contributed by atoms with Gasteiger partial charge < -0.3 is 0 Å². The lowest BCUT2D eigenvalue weighted by molar-refractivity contribution is -0.489. The van der Waals surface area contributed by atoms with Crippen molar-refractivity contribution in [3.63, 3.8) is 0 Å². The number of aromatic nitrogens is 2. The van der Waals surface area contributed by atoms with Gasteiger partial charge in [-0.3, -0.25) is 13.9 Å². The third-order valence-electron chi connectivity index (χ3n) is 8.26. The summed E-state index contributed by atoms with van der Waals surface area (Å²) in [5, 5.41) is 8.42. The molecule has 7 nitrogen and oxygen atoms in total. The van der Waals surface area contributed by atoms with Gasteiger partial charge in [0, 0.05) is 32.0 Å². The second kappa shape index (κ2) is 9.39. The Hall–Kier alpha value is -3.34. The van der Waals surface area contributed by atoms with Gasteiger partial charge >= 0.3 is 24.4 Å². The van der Waals surface area contributed by atoms with Crippen LogP contribution in [0.1, 0.15) is 49.3 Å². The van der Waals surface area contributed by atoms with Gasteiger partial charge in [0.15, 0.2) is 0 Å². The molecule has 1 aliphatic carbocycles. The zero-order valence-corrected chi connectivity index (χ0v) is 21.8. The molecule has 3 aliphatic rings. The predicted octanol–water partition coefficient (Wildman–Crippen LogP) is 5.34. The lowest BCUT2D eigenvalue weighted by Gasteiger charge is -2.46. The molecule has 2 aliphatic heterocycles. The Morgan fingerprint density at radius 2 is 1.87 bits per heavy atom. The van der Waals surface area contributed by atoms with Crippen molar-refractivity contribution in [2.24, 2.45) is 16.1 Å². The summed E-state index contributed by atoms with van der Waals surface area (Å²) in [6.07, 6.45) is 2.13. The van der Waals surface area contributed by atoms with Crippen LogP contribution in [0.2, 0.25) is 0 Å². The highest BCUT2D eigenvalue weighted by atomic mass is 19.4. The molecule has 205 valence electrons. The molecule has 4 heterocycles. The van der Waals surface area contributed by atoms with Crippen molar-refractivity contribution in [3.8, 4) is 5.69 Å². The molecule has 2 aromatic heterocycles. The number of likely N-dealkylation sites (tertiary alicyclic amines) is 1. The van der Waals surface area contributed by atoms with E-state index in [1.54, 1.807) is 12.4 Å². The normalized spacial score (nSPS) is 24.9. The van der Waals surface area contributed by atoms with Gasteiger partial charge in [0.25, 0.3) is 0 Å². The first kappa shape index (κ1) is 25.9. The number of alkyl halides is 4. The van der Waals surface area contributed by atoms with Gasteiger partial charge in [-0.2, -0.15) is 13.2 Å². The molecule has 1 aromatic carbocycles. The Bertz CT molecular complexity index is 1520. The standard InChI is InChI=1S/C28H30F4N6O/c1-18-12-27(13-18,25-34-33-17-35(25)2)20-4-3-5-22(11-20)37-16-24-23(28(30,31)32)10-19(15-38(24)26(37)39)14-36-8-6-21(29)7-9-36/h3-5,10-11,15-18,21H,6-9,12-14H2,1-2H3/q+1. The van der Waals surface area contributed by atoms with E-state index in [0.717, 1.165) is 35.0 Å². The number of azo groups is 1. The van der Waals surface area contributed by atoms with Crippen molar-refractivity contribution >= 4 is 11.9 Å². The number of rotatable bonds is 5. The van der Waals surface area contributed by atoms with Crippen LogP contribution in [-0.4, -0.2) is 51.1 Å². The van der Waals surface area contributed by atoms with Crippen molar-refractivity contribution in [3.05, 3.63) is 76.1 Å². The molecule has 0 bridgehead atoms. The first-order chi connectivity index (χ1) is 18.5. The number of fused-ring (bicyclic) bond motifs is 1. The second-order valence-electron chi connectivity index (χ2n) is 11.2. The lowest BCUT2D eigenvalue weighted by atomic mass is 9.57. The monoisotopic (exact) mass is 542 g/mol. The summed E-state index contributed by atoms with van der Waals surface area (Å²) in [6.45, 7) is 3.32. The van der Waals surface area contributed by atoms with Gasteiger partial charge in [0.2, 0.25) is 0 Å². The van der Waals surface area contributed by atoms with Crippen molar-refractivity contribution in [1.29, 1.82) is 0 Å². The smallest absolute Gasteiger partial charge is 0.299 e. The van der Waals surface area contributed by atoms with Crippen LogP contribution >= 0.6 is 0 Å². The van der Waals surface area contributed by atoms with E-state index >= 15 is 0 Å². The molecule has 11 heteroatoms. The topological polar surface area (TPSA) is 57.4 Å². The molecule has 1 saturated heterocycles. The zero-order valence-electron chi connectivity index (χ0n) is 21.8. The molecular formula is C28H30F4N6O+. The predicted molar refractivity (Wildman–Crippen MR) is 138 cm³/mol. The van der Waals surface area contributed by atoms with Crippen molar-refractivity contribution in [2.45, 2.75) is 56.9 Å². The SMILES string of the molecule is CC1CC([C]2N=NC=[N+]2C)(c2cccc(-n3cc4c(C(F)(F)F)cc(CN5CCC(F)CC5)cn4c3=O)c2)C1. The van der Waals surface area contributed by atoms with E-state index in [4.69, 9.17) is 0 Å². The molecule has 3 aromatic rings. The number of piperidine rings is 1. The fourth-order valence-corrected chi connectivity index (χ4v) is 6.41. The number of imidazole rings is 1. The second-order valence-corrected chi connectivity index (χ2v) is 11.2. The minimum Gasteiger partial charge on any atom is -0.299 e. The summed E-state index contributed by atoms with van der Waals surface area (Å²) in [5.74, 6) is 0.480. The maximum Gasteiger partial charge on any atom is 0.418 e. The van der Waals surface area contributed by atoms with Gasteiger partial charge in [0.05, 0.1) is 34.3 Å². The Balaban J connectivity index is 1.41. The summed E-state index contributed by atoms with van der Waals surface area (Å²) < 4.78 is 60.3. The van der Waals surface area contributed by atoms with Gasteiger partial charge in [-0.25, -0.2) is 13.8 Å². The maximum absolute atomic E-state index is 14.2. The minimum atomic E-state index is -4.65. The van der Waals surface area contributed by atoms with Gasteiger partial charge in [-0.1, -0.05) is 19.1 Å². The number of likely N-dealkylation sites (N-methyl/N-ethyl adjacent to an activating group) is 1. The maximum atomic E-state index is 14.2. The third kappa shape index (κ3) is 4.50. The Labute approximate surface area is 223 Å². The van der Waals surface area contributed by atoms with Crippen LogP contribution in [0.25, 0.3) is 11.2 Å². The van der Waals surface area contributed by atoms with Crippen LogP contribution in [0.3, 0.4) is 0 Å². The Morgan fingerprint density at radius 3 is 2.51 bits per heavy atom. The molecule has 1 saturated carbocycles. The average Bonchev–Trinajstić information content (AvgIpc) is 3.45. The molecule has 0 spiro atoms. The number of benzene rings is 1. The minimum absolute atomic E-state index is 0.204. The summed E-state index contributed by atoms with van der Waals surface area (Å²) in [5.41, 5.74) is -0.218. The lowest BCUT2D eigenvalue weighted by Crippen LogP contribution is -2.47. The van der Waals surface area contributed by atoms with Crippen LogP contribution in [0, 0.1) is 12.1 Å². The number of hydrogen-bond donors (Lipinski definition) is 0. The number of nitrogens with zero attached hydrogens (tertiary/aromatic N) is 6. The first-order valence-corrected chi connectivity index (χ1v) is 13.2. The summed E-state index contributed by atoms with van der Waals surface area (Å²) >= 11 is 0. The number of halogens is 4. The van der Waals surface area contributed by atoms with E-state index in [2.05, 4.69) is 17.2 Å². The van der Waals surface area contributed by atoms with Crippen molar-refractivity contribution in [2.75, 3.05) is 20.1 Å². The summed E-state index contributed by atoms with van der Waals surface area (Å²) in [6, 6.07) is 8.51. The fraction of sp³-hybridized carbons (Fsp3) is 0.464. The van der Waals surface area contributed by atoms with E-state index in [1.807, 2.05) is 34.7 Å². The van der Waals surface area contributed by atoms with Crippen LogP contribution in [0.5, 0.6) is 0 Å². The molecule has 0 N–H and O–H groups in total. The molecule has 39 heavy (non-hydrogen) atoms. The van der Waals surface area contributed by atoms with E-state index < -0.39 is 23.6 Å². The van der Waals surface area contributed by atoms with Crippen LogP contribution in [0.15, 0.2) is 57.7 Å². The first-order valence-electron chi connectivity index (χ1n) is 13.2. The molecule has 0 atom stereocenters. The van der Waals surface area contributed by atoms with Gasteiger partial charge in [-0.05, 0) is 66.0 Å². The molecule has 0 unspecified atom stereocenters. The van der Waals surface area contributed by atoms with Crippen molar-refractivity contribution in [1.82, 2.24) is 13.9 Å². The van der Waals surface area contributed by atoms with Crippen LogP contribution < -0.4 is 5.69 Å². The molecule has 6 rings (SSSR count).